The summed E-state index contributed by atoms with van der Waals surface area (Å²) in [7, 11) is 0. The SMILES string of the molecule is CCOC(OCC)[C@@H]1CCCN1C(=O)[C@H]1NCSC1C(=O)C[C@@H]1CCc2ccccc2C1. The lowest BCUT2D eigenvalue weighted by Gasteiger charge is -2.33. The molecule has 4 atom stereocenters. The molecule has 7 heteroatoms. The number of thioether (sulfide) groups is 1. The van der Waals surface area contributed by atoms with Gasteiger partial charge in [-0.05, 0) is 63.0 Å². The maximum atomic E-state index is 13.5. The number of hydrogen-bond acceptors (Lipinski definition) is 6. The maximum absolute atomic E-state index is 13.5. The summed E-state index contributed by atoms with van der Waals surface area (Å²) in [6, 6.07) is 8.02. The molecular weight excluding hydrogens is 424 g/mol. The van der Waals surface area contributed by atoms with Gasteiger partial charge in [-0.25, -0.2) is 0 Å². The zero-order chi connectivity index (χ0) is 22.5. The van der Waals surface area contributed by atoms with Crippen molar-refractivity contribution in [3.8, 4) is 0 Å². The van der Waals surface area contributed by atoms with Crippen LogP contribution in [0.5, 0.6) is 0 Å². The molecule has 1 aliphatic carbocycles. The van der Waals surface area contributed by atoms with E-state index in [9.17, 15) is 9.59 Å². The zero-order valence-corrected chi connectivity index (χ0v) is 20.1. The van der Waals surface area contributed by atoms with Crippen LogP contribution in [0.4, 0.5) is 0 Å². The minimum atomic E-state index is -0.451. The van der Waals surface area contributed by atoms with Crippen molar-refractivity contribution in [2.45, 2.75) is 76.0 Å². The Labute approximate surface area is 195 Å². The Morgan fingerprint density at radius 2 is 1.91 bits per heavy atom. The summed E-state index contributed by atoms with van der Waals surface area (Å²) in [5, 5.41) is 3.00. The molecule has 3 aliphatic rings. The third-order valence-corrected chi connectivity index (χ3v) is 8.18. The molecule has 1 aromatic carbocycles. The first-order valence-electron chi connectivity index (χ1n) is 12.1. The number of ketones is 1. The van der Waals surface area contributed by atoms with Crippen LogP contribution < -0.4 is 5.32 Å². The molecule has 0 spiro atoms. The lowest BCUT2D eigenvalue weighted by atomic mass is 9.81. The molecule has 2 fully saturated rings. The Hall–Kier alpha value is -1.41. The van der Waals surface area contributed by atoms with Gasteiger partial charge in [0.25, 0.3) is 0 Å². The number of carbonyl (C=O) groups excluding carboxylic acids is 2. The fourth-order valence-electron chi connectivity index (χ4n) is 5.40. The maximum Gasteiger partial charge on any atom is 0.241 e. The molecule has 4 rings (SSSR count). The van der Waals surface area contributed by atoms with Gasteiger partial charge in [-0.2, -0.15) is 0 Å². The van der Waals surface area contributed by atoms with E-state index in [1.165, 1.54) is 11.1 Å². The van der Waals surface area contributed by atoms with E-state index in [2.05, 4.69) is 29.6 Å². The number of hydrogen-bond donors (Lipinski definition) is 1. The monoisotopic (exact) mass is 460 g/mol. The standard InChI is InChI=1S/C25H36N2O4S/c1-3-30-25(31-4-2)20-10-7-13-27(20)24(29)22-23(32-16-26-22)21(28)15-17-11-12-18-8-5-6-9-19(18)14-17/h5-6,8-9,17,20,22-23,25-26H,3-4,7,10-16H2,1-2H3/t17-,20+,22+,23?/m1/s1. The Bertz CT molecular complexity index is 798. The van der Waals surface area contributed by atoms with Gasteiger partial charge >= 0.3 is 0 Å². The Morgan fingerprint density at radius 1 is 1.16 bits per heavy atom. The van der Waals surface area contributed by atoms with E-state index in [1.54, 1.807) is 11.8 Å². The van der Waals surface area contributed by atoms with Gasteiger partial charge in [-0.1, -0.05) is 24.3 Å². The Morgan fingerprint density at radius 3 is 2.66 bits per heavy atom. The van der Waals surface area contributed by atoms with Crippen molar-refractivity contribution in [3.05, 3.63) is 35.4 Å². The van der Waals surface area contributed by atoms with E-state index in [4.69, 9.17) is 9.47 Å². The fraction of sp³-hybridized carbons (Fsp3) is 0.680. The smallest absolute Gasteiger partial charge is 0.241 e. The summed E-state index contributed by atoms with van der Waals surface area (Å²) in [6.45, 7) is 5.68. The molecule has 1 N–H and O–H groups in total. The van der Waals surface area contributed by atoms with Crippen molar-refractivity contribution >= 4 is 23.5 Å². The van der Waals surface area contributed by atoms with Crippen LogP contribution in [0.1, 0.15) is 50.7 Å². The van der Waals surface area contributed by atoms with Crippen LogP contribution in [-0.4, -0.2) is 65.8 Å². The average molecular weight is 461 g/mol. The number of carbonyl (C=O) groups is 2. The molecule has 0 aromatic heterocycles. The van der Waals surface area contributed by atoms with E-state index in [1.807, 2.05) is 18.7 Å². The summed E-state index contributed by atoms with van der Waals surface area (Å²) in [5.41, 5.74) is 2.79. The number of likely N-dealkylation sites (tertiary alicyclic amines) is 1. The van der Waals surface area contributed by atoms with Crippen molar-refractivity contribution in [2.75, 3.05) is 25.6 Å². The van der Waals surface area contributed by atoms with Crippen molar-refractivity contribution in [2.24, 2.45) is 5.92 Å². The van der Waals surface area contributed by atoms with Gasteiger partial charge in [0.2, 0.25) is 5.91 Å². The molecular formula is C25H36N2O4S. The van der Waals surface area contributed by atoms with Gasteiger partial charge < -0.3 is 14.4 Å². The fourth-order valence-corrected chi connectivity index (χ4v) is 6.54. The van der Waals surface area contributed by atoms with E-state index in [-0.39, 0.29) is 23.0 Å². The molecule has 1 unspecified atom stereocenters. The predicted octanol–water partition coefficient (Wildman–Crippen LogP) is 3.17. The number of aryl methyl sites for hydroxylation is 1. The zero-order valence-electron chi connectivity index (χ0n) is 19.3. The number of nitrogens with zero attached hydrogens (tertiary/aromatic N) is 1. The van der Waals surface area contributed by atoms with Crippen LogP contribution in [0.15, 0.2) is 24.3 Å². The van der Waals surface area contributed by atoms with E-state index in [0.717, 1.165) is 32.1 Å². The number of Topliss-reactive ketones (excluding diaryl/α,β-unsaturated/α-hetero) is 1. The van der Waals surface area contributed by atoms with E-state index >= 15 is 0 Å². The van der Waals surface area contributed by atoms with Crippen LogP contribution >= 0.6 is 11.8 Å². The largest absolute Gasteiger partial charge is 0.351 e. The number of amides is 1. The highest BCUT2D eigenvalue weighted by atomic mass is 32.2. The quantitative estimate of drug-likeness (QED) is 0.571. The second-order valence-electron chi connectivity index (χ2n) is 8.98. The highest BCUT2D eigenvalue weighted by Crippen LogP contribution is 2.33. The van der Waals surface area contributed by atoms with Crippen molar-refractivity contribution < 1.29 is 19.1 Å². The highest BCUT2D eigenvalue weighted by Gasteiger charge is 2.45. The summed E-state index contributed by atoms with van der Waals surface area (Å²) in [4.78, 5) is 28.7. The Kier molecular flexibility index (Phi) is 8.27. The molecule has 2 heterocycles. The van der Waals surface area contributed by atoms with Crippen LogP contribution in [0.25, 0.3) is 0 Å². The summed E-state index contributed by atoms with van der Waals surface area (Å²) in [5.74, 6) is 1.24. The van der Waals surface area contributed by atoms with Crippen LogP contribution in [0.3, 0.4) is 0 Å². The number of fused-ring (bicyclic) bond motifs is 1. The minimum absolute atomic E-state index is 0.0224. The minimum Gasteiger partial charge on any atom is -0.351 e. The van der Waals surface area contributed by atoms with E-state index in [0.29, 0.717) is 38.0 Å². The van der Waals surface area contributed by atoms with Gasteiger partial charge in [0, 0.05) is 32.1 Å². The van der Waals surface area contributed by atoms with Gasteiger partial charge in [0.15, 0.2) is 6.29 Å². The van der Waals surface area contributed by atoms with Crippen LogP contribution in [0.2, 0.25) is 0 Å². The second-order valence-corrected chi connectivity index (χ2v) is 10.1. The van der Waals surface area contributed by atoms with Crippen LogP contribution in [-0.2, 0) is 31.9 Å². The highest BCUT2D eigenvalue weighted by molar-refractivity contribution is 8.00. The molecule has 1 aromatic rings. The Balaban J connectivity index is 1.39. The number of nitrogens with one attached hydrogen (secondary N) is 1. The van der Waals surface area contributed by atoms with Gasteiger partial charge in [0.05, 0.1) is 11.3 Å². The molecule has 6 nitrogen and oxygen atoms in total. The van der Waals surface area contributed by atoms with Gasteiger partial charge in [-0.3, -0.25) is 14.9 Å². The first-order valence-corrected chi connectivity index (χ1v) is 13.1. The van der Waals surface area contributed by atoms with E-state index < -0.39 is 12.3 Å². The van der Waals surface area contributed by atoms with Crippen LogP contribution in [0, 0.1) is 5.92 Å². The number of ether oxygens (including phenoxy) is 2. The first kappa shape index (κ1) is 23.7. The van der Waals surface area contributed by atoms with Crippen molar-refractivity contribution in [1.29, 1.82) is 0 Å². The summed E-state index contributed by atoms with van der Waals surface area (Å²) >= 11 is 1.58. The predicted molar refractivity (Wildman–Crippen MR) is 127 cm³/mol. The molecule has 0 saturated carbocycles. The number of benzene rings is 1. The third kappa shape index (κ3) is 5.22. The summed E-state index contributed by atoms with van der Waals surface area (Å²) < 4.78 is 11.6. The second kappa shape index (κ2) is 11.1. The summed E-state index contributed by atoms with van der Waals surface area (Å²) in [6.07, 6.45) is 5.01. The molecule has 32 heavy (non-hydrogen) atoms. The van der Waals surface area contributed by atoms with Crippen molar-refractivity contribution in [3.63, 3.8) is 0 Å². The normalized spacial score (nSPS) is 27.7. The topological polar surface area (TPSA) is 67.9 Å². The third-order valence-electron chi connectivity index (χ3n) is 6.95. The lowest BCUT2D eigenvalue weighted by Crippen LogP contribution is -2.54. The molecule has 176 valence electrons. The average Bonchev–Trinajstić information content (AvgIpc) is 3.48. The molecule has 2 saturated heterocycles. The number of rotatable bonds is 9. The lowest BCUT2D eigenvalue weighted by molar-refractivity contribution is -0.175. The first-order chi connectivity index (χ1) is 15.6. The molecule has 1 amide bonds. The molecule has 0 radical (unpaired) electrons. The van der Waals surface area contributed by atoms with Gasteiger partial charge in [-0.15, -0.1) is 11.8 Å². The molecule has 2 aliphatic heterocycles. The molecule has 0 bridgehead atoms. The van der Waals surface area contributed by atoms with Crippen molar-refractivity contribution in [1.82, 2.24) is 10.2 Å². The van der Waals surface area contributed by atoms with Gasteiger partial charge in [0.1, 0.15) is 11.8 Å².